The lowest BCUT2D eigenvalue weighted by Gasteiger charge is -1.84. The van der Waals surface area contributed by atoms with Crippen LogP contribution in [0.25, 0.3) is 0 Å². The van der Waals surface area contributed by atoms with E-state index in [1.807, 2.05) is 0 Å². The molecule has 0 unspecified atom stereocenters. The summed E-state index contributed by atoms with van der Waals surface area (Å²) in [4.78, 5) is 15.3. The number of hydrogen-bond donors (Lipinski definition) is 2. The Bertz CT molecular complexity index is 122. The van der Waals surface area contributed by atoms with E-state index in [9.17, 15) is 4.57 Å². The first kappa shape index (κ1) is 12.1. The molecule has 0 bridgehead atoms. The van der Waals surface area contributed by atoms with Gasteiger partial charge in [0.2, 0.25) is 0 Å². The average Bonchev–Trinajstić information content (AvgIpc) is 1.63. The maximum Gasteiger partial charge on any atom is 0.322 e. The molecule has 4 nitrogen and oxygen atoms in total. The summed E-state index contributed by atoms with van der Waals surface area (Å²) in [5.74, 6) is 0. The van der Waals surface area contributed by atoms with Crippen molar-refractivity contribution in [2.24, 2.45) is 0 Å². The number of hydrogen-bond acceptors (Lipinski definition) is 2. The largest absolute Gasteiger partial charge is 0.474 e. The van der Waals surface area contributed by atoms with Crippen molar-refractivity contribution in [2.45, 2.75) is 0 Å². The van der Waals surface area contributed by atoms with Crippen LogP contribution in [0.3, 0.4) is 0 Å². The summed E-state index contributed by atoms with van der Waals surface area (Å²) >= 11 is 0. The third-order valence-electron chi connectivity index (χ3n) is 0.192. The Kier molecular flexibility index (Phi) is 7.95. The summed E-state index contributed by atoms with van der Waals surface area (Å²) < 4.78 is 13.7. The summed E-state index contributed by atoms with van der Waals surface area (Å²) in [5.41, 5.74) is 0. The molecule has 10 heavy (non-hydrogen) atoms. The minimum atomic E-state index is -3.64. The van der Waals surface area contributed by atoms with Gasteiger partial charge in [-0.05, 0) is 0 Å². The lowest BCUT2D eigenvalue weighted by Crippen LogP contribution is -1.64. The minimum absolute atomic E-state index is 0.854. The molecular weight excluding hydrogens is 155 g/mol. The van der Waals surface area contributed by atoms with Gasteiger partial charge in [-0.3, -0.25) is 4.57 Å². The molecular formula is C5H11O4P. The van der Waals surface area contributed by atoms with Crippen LogP contribution >= 0.6 is 7.60 Å². The monoisotopic (exact) mass is 166 g/mol. The van der Waals surface area contributed by atoms with Gasteiger partial charge in [-0.2, -0.15) is 0 Å². The van der Waals surface area contributed by atoms with Crippen LogP contribution in [0.5, 0.6) is 0 Å². The van der Waals surface area contributed by atoms with Crippen molar-refractivity contribution in [1.29, 1.82) is 0 Å². The van der Waals surface area contributed by atoms with Crippen LogP contribution in [0, 0.1) is 0 Å². The van der Waals surface area contributed by atoms with Crippen molar-refractivity contribution in [3.05, 3.63) is 25.7 Å². The SMILES string of the molecule is C=COC=C.CP(=O)(O)O. The van der Waals surface area contributed by atoms with E-state index in [0.29, 0.717) is 0 Å². The normalized spacial score (nSPS) is 8.70. The van der Waals surface area contributed by atoms with Gasteiger partial charge in [-0.1, -0.05) is 13.2 Å². The summed E-state index contributed by atoms with van der Waals surface area (Å²) in [7, 11) is -3.64. The fraction of sp³-hybridized carbons (Fsp3) is 0.200. The van der Waals surface area contributed by atoms with Gasteiger partial charge in [-0.15, -0.1) is 0 Å². The van der Waals surface area contributed by atoms with Gasteiger partial charge in [0, 0.05) is 6.66 Å². The first-order chi connectivity index (χ1) is 4.41. The highest BCUT2D eigenvalue weighted by atomic mass is 31.2. The zero-order chi connectivity index (χ0) is 8.62. The molecule has 0 saturated heterocycles. The van der Waals surface area contributed by atoms with Gasteiger partial charge in [0.05, 0.1) is 12.5 Å². The van der Waals surface area contributed by atoms with Crippen LogP contribution in [-0.2, 0) is 9.30 Å². The Hall–Kier alpha value is -0.570. The smallest absolute Gasteiger partial charge is 0.322 e. The molecule has 0 aromatic carbocycles. The topological polar surface area (TPSA) is 66.8 Å². The minimum Gasteiger partial charge on any atom is -0.474 e. The molecule has 0 aromatic heterocycles. The second-order valence-corrected chi connectivity index (χ2v) is 2.98. The predicted octanol–water partition coefficient (Wildman–Crippen LogP) is 1.08. The van der Waals surface area contributed by atoms with Crippen molar-refractivity contribution in [2.75, 3.05) is 6.66 Å². The van der Waals surface area contributed by atoms with Crippen molar-refractivity contribution >= 4 is 7.60 Å². The van der Waals surface area contributed by atoms with Crippen LogP contribution in [0.15, 0.2) is 25.7 Å². The fourth-order valence-corrected chi connectivity index (χ4v) is 0.0680. The maximum atomic E-state index is 9.33. The highest BCUT2D eigenvalue weighted by Crippen LogP contribution is 2.26. The van der Waals surface area contributed by atoms with Gasteiger partial charge in [0.15, 0.2) is 0 Å². The molecule has 0 rings (SSSR count). The molecule has 0 spiro atoms. The molecule has 0 aliphatic carbocycles. The standard InChI is InChI=1S/C4H6O.CH5O3P/c1-3-5-4-2;1-5(2,3)4/h3-4H,1-2H2;1H3,(H2,2,3,4). The van der Waals surface area contributed by atoms with Gasteiger partial charge in [0.25, 0.3) is 0 Å². The summed E-state index contributed by atoms with van der Waals surface area (Å²) in [6.07, 6.45) is 2.62. The van der Waals surface area contributed by atoms with Crippen molar-refractivity contribution in [1.82, 2.24) is 0 Å². The van der Waals surface area contributed by atoms with E-state index >= 15 is 0 Å². The molecule has 0 saturated carbocycles. The molecule has 0 heterocycles. The second kappa shape index (κ2) is 6.55. The zero-order valence-electron chi connectivity index (χ0n) is 5.73. The lowest BCUT2D eigenvalue weighted by molar-refractivity contribution is 0.381. The molecule has 0 atom stereocenters. The second-order valence-electron chi connectivity index (χ2n) is 1.30. The Morgan fingerprint density at radius 3 is 1.60 bits per heavy atom. The van der Waals surface area contributed by atoms with E-state index in [1.54, 1.807) is 0 Å². The van der Waals surface area contributed by atoms with Crippen LogP contribution < -0.4 is 0 Å². The highest BCUT2D eigenvalue weighted by Gasteiger charge is 1.95. The van der Waals surface area contributed by atoms with Crippen LogP contribution in [0.1, 0.15) is 0 Å². The van der Waals surface area contributed by atoms with Gasteiger partial charge in [-0.25, -0.2) is 0 Å². The molecule has 0 amide bonds. The molecule has 0 fully saturated rings. The summed E-state index contributed by atoms with van der Waals surface area (Å²) in [5, 5.41) is 0. The molecule has 0 aliphatic heterocycles. The fourth-order valence-electron chi connectivity index (χ4n) is 0.0680. The Morgan fingerprint density at radius 2 is 1.60 bits per heavy atom. The van der Waals surface area contributed by atoms with Gasteiger partial charge in [0.1, 0.15) is 0 Å². The number of rotatable bonds is 2. The molecule has 2 N–H and O–H groups in total. The highest BCUT2D eigenvalue weighted by molar-refractivity contribution is 7.50. The zero-order valence-corrected chi connectivity index (χ0v) is 6.62. The van der Waals surface area contributed by atoms with E-state index in [1.165, 1.54) is 12.5 Å². The Balaban J connectivity index is 0. The first-order valence-electron chi connectivity index (χ1n) is 2.32. The van der Waals surface area contributed by atoms with E-state index in [-0.39, 0.29) is 0 Å². The third-order valence-corrected chi connectivity index (χ3v) is 0.192. The lowest BCUT2D eigenvalue weighted by atomic mass is 11.1. The third kappa shape index (κ3) is 150. The van der Waals surface area contributed by atoms with Gasteiger partial charge >= 0.3 is 7.60 Å². The summed E-state index contributed by atoms with van der Waals surface area (Å²) in [6, 6.07) is 0. The van der Waals surface area contributed by atoms with Gasteiger partial charge < -0.3 is 14.5 Å². The van der Waals surface area contributed by atoms with Crippen LogP contribution in [0.4, 0.5) is 0 Å². The predicted molar refractivity (Wildman–Crippen MR) is 39.4 cm³/mol. The molecule has 0 aliphatic rings. The van der Waals surface area contributed by atoms with Crippen LogP contribution in [-0.4, -0.2) is 16.5 Å². The molecule has 5 heteroatoms. The first-order valence-corrected chi connectivity index (χ1v) is 4.38. The summed E-state index contributed by atoms with van der Waals surface area (Å²) in [6.45, 7) is 7.37. The quantitative estimate of drug-likeness (QED) is 0.475. The van der Waals surface area contributed by atoms with Crippen molar-refractivity contribution < 1.29 is 19.1 Å². The van der Waals surface area contributed by atoms with Crippen molar-refractivity contribution in [3.8, 4) is 0 Å². The van der Waals surface area contributed by atoms with Crippen molar-refractivity contribution in [3.63, 3.8) is 0 Å². The van der Waals surface area contributed by atoms with E-state index in [4.69, 9.17) is 9.79 Å². The van der Waals surface area contributed by atoms with E-state index in [2.05, 4.69) is 17.9 Å². The Labute approximate surface area is 60.0 Å². The molecule has 60 valence electrons. The maximum absolute atomic E-state index is 9.33. The Morgan fingerprint density at radius 1 is 1.40 bits per heavy atom. The average molecular weight is 166 g/mol. The van der Waals surface area contributed by atoms with Crippen LogP contribution in [0.2, 0.25) is 0 Å². The number of ether oxygens (including phenoxy) is 1. The van der Waals surface area contributed by atoms with E-state index < -0.39 is 7.60 Å². The molecule has 0 radical (unpaired) electrons. The molecule has 0 aromatic rings. The van der Waals surface area contributed by atoms with E-state index in [0.717, 1.165) is 6.66 Å².